The number of ether oxygens (including phenoxy) is 2. The first-order chi connectivity index (χ1) is 12.2. The molecule has 1 N–H and O–H groups in total. The summed E-state index contributed by atoms with van der Waals surface area (Å²) in [6.07, 6.45) is 7.67. The number of hydrogen-bond donors (Lipinski definition) is 1. The van der Waals surface area contributed by atoms with Crippen molar-refractivity contribution in [2.24, 2.45) is 5.92 Å². The molecular weight excluding hydrogens is 314 g/mol. The normalized spacial score (nSPS) is 31.4. The first kappa shape index (κ1) is 17.3. The third kappa shape index (κ3) is 3.09. The summed E-state index contributed by atoms with van der Waals surface area (Å²) in [6.45, 7) is 4.33. The van der Waals surface area contributed by atoms with E-state index in [1.807, 2.05) is 6.07 Å². The Bertz CT molecular complexity index is 605. The van der Waals surface area contributed by atoms with Crippen LogP contribution in [-0.2, 0) is 21.3 Å². The summed E-state index contributed by atoms with van der Waals surface area (Å²) in [4.78, 5) is 2.68. The van der Waals surface area contributed by atoms with Crippen LogP contribution in [0.25, 0.3) is 0 Å². The van der Waals surface area contributed by atoms with Gasteiger partial charge in [0.1, 0.15) is 5.75 Å². The monoisotopic (exact) mass is 345 g/mol. The van der Waals surface area contributed by atoms with Gasteiger partial charge in [-0.1, -0.05) is 18.9 Å². The number of methoxy groups -OCH3 is 1. The molecule has 1 aromatic carbocycles. The van der Waals surface area contributed by atoms with Gasteiger partial charge in [-0.3, -0.25) is 4.90 Å². The van der Waals surface area contributed by atoms with Crippen molar-refractivity contribution in [2.45, 2.75) is 50.0 Å². The predicted octanol–water partition coefficient (Wildman–Crippen LogP) is 3.11. The highest BCUT2D eigenvalue weighted by atomic mass is 16.5. The molecule has 1 heterocycles. The van der Waals surface area contributed by atoms with Gasteiger partial charge >= 0.3 is 0 Å². The van der Waals surface area contributed by atoms with Gasteiger partial charge in [0.05, 0.1) is 19.8 Å². The van der Waals surface area contributed by atoms with Crippen molar-refractivity contribution in [1.29, 1.82) is 0 Å². The molecule has 0 aromatic heterocycles. The smallest absolute Gasteiger partial charge is 0.115 e. The van der Waals surface area contributed by atoms with Crippen LogP contribution in [0.3, 0.4) is 0 Å². The lowest BCUT2D eigenvalue weighted by molar-refractivity contribution is -0.0275. The largest absolute Gasteiger partial charge is 0.508 e. The molecule has 4 nitrogen and oxygen atoms in total. The van der Waals surface area contributed by atoms with Gasteiger partial charge in [-0.25, -0.2) is 0 Å². The molecule has 4 heteroatoms. The fourth-order valence-electron chi connectivity index (χ4n) is 5.78. The Morgan fingerprint density at radius 2 is 2.12 bits per heavy atom. The summed E-state index contributed by atoms with van der Waals surface area (Å²) in [6, 6.07) is 6.75. The predicted molar refractivity (Wildman–Crippen MR) is 98.1 cm³/mol. The Morgan fingerprint density at radius 1 is 1.20 bits per heavy atom. The summed E-state index contributed by atoms with van der Waals surface area (Å²) < 4.78 is 10.8. The quantitative estimate of drug-likeness (QED) is 0.805. The highest BCUT2D eigenvalue weighted by molar-refractivity contribution is 5.45. The number of fused-ring (bicyclic) bond motifs is 1. The molecule has 1 saturated heterocycles. The van der Waals surface area contributed by atoms with Gasteiger partial charge in [-0.2, -0.15) is 0 Å². The van der Waals surface area contributed by atoms with Crippen molar-refractivity contribution in [1.82, 2.24) is 4.90 Å². The zero-order valence-electron chi connectivity index (χ0n) is 15.4. The van der Waals surface area contributed by atoms with E-state index in [9.17, 15) is 5.11 Å². The molecule has 0 amide bonds. The van der Waals surface area contributed by atoms with Gasteiger partial charge in [0.2, 0.25) is 0 Å². The van der Waals surface area contributed by atoms with Crippen LogP contribution in [0.1, 0.15) is 43.2 Å². The molecule has 1 saturated carbocycles. The van der Waals surface area contributed by atoms with Crippen LogP contribution in [0.4, 0.5) is 0 Å². The maximum absolute atomic E-state index is 10.1. The molecule has 0 radical (unpaired) electrons. The number of benzene rings is 1. The van der Waals surface area contributed by atoms with E-state index in [1.54, 1.807) is 7.11 Å². The lowest BCUT2D eigenvalue weighted by atomic mass is 9.52. The third-order valence-corrected chi connectivity index (χ3v) is 6.89. The van der Waals surface area contributed by atoms with Crippen LogP contribution in [0.15, 0.2) is 18.2 Å². The van der Waals surface area contributed by atoms with Crippen LogP contribution in [0.5, 0.6) is 5.75 Å². The molecule has 2 bridgehead atoms. The fraction of sp³-hybridized carbons (Fsp3) is 0.714. The molecule has 2 fully saturated rings. The summed E-state index contributed by atoms with van der Waals surface area (Å²) in [5.41, 5.74) is 3.23. The summed E-state index contributed by atoms with van der Waals surface area (Å²) in [7, 11) is 1.72. The maximum Gasteiger partial charge on any atom is 0.115 e. The number of aromatic hydroxyl groups is 1. The lowest BCUT2D eigenvalue weighted by Gasteiger charge is -2.59. The van der Waals surface area contributed by atoms with Crippen molar-refractivity contribution in [2.75, 3.05) is 40.0 Å². The molecule has 138 valence electrons. The minimum Gasteiger partial charge on any atom is -0.508 e. The van der Waals surface area contributed by atoms with Crippen molar-refractivity contribution < 1.29 is 14.6 Å². The van der Waals surface area contributed by atoms with Gasteiger partial charge in [0.25, 0.3) is 0 Å². The molecular formula is C21H31NO3. The summed E-state index contributed by atoms with van der Waals surface area (Å²) in [5, 5.41) is 10.1. The zero-order chi connectivity index (χ0) is 17.3. The molecule has 2 aliphatic carbocycles. The fourth-order valence-corrected chi connectivity index (χ4v) is 5.78. The van der Waals surface area contributed by atoms with Crippen molar-refractivity contribution in [3.05, 3.63) is 29.3 Å². The Morgan fingerprint density at radius 3 is 3.00 bits per heavy atom. The van der Waals surface area contributed by atoms with E-state index >= 15 is 0 Å². The van der Waals surface area contributed by atoms with E-state index in [1.165, 1.54) is 43.2 Å². The number of hydrogen-bond acceptors (Lipinski definition) is 4. The molecule has 3 atom stereocenters. The number of piperidine rings is 1. The van der Waals surface area contributed by atoms with Gasteiger partial charge in [0.15, 0.2) is 0 Å². The van der Waals surface area contributed by atoms with E-state index in [0.29, 0.717) is 30.4 Å². The second-order valence-corrected chi connectivity index (χ2v) is 8.01. The Hall–Kier alpha value is -1.10. The molecule has 0 spiro atoms. The standard InChI is InChI=1S/C21H31NO3/c1-24-12-13-25-11-10-22-9-8-21-7-3-2-4-18(21)20(22)14-16-5-6-17(23)15-19(16)21/h5-6,15,18,20,23H,2-4,7-14H2,1H3/t18-,20+,21-/m0/s1. The highest BCUT2D eigenvalue weighted by Gasteiger charge is 2.53. The second kappa shape index (κ2) is 7.26. The van der Waals surface area contributed by atoms with Crippen LogP contribution in [0, 0.1) is 5.92 Å². The minimum atomic E-state index is 0.308. The molecule has 1 aliphatic heterocycles. The van der Waals surface area contributed by atoms with Crippen molar-refractivity contribution >= 4 is 0 Å². The molecule has 25 heavy (non-hydrogen) atoms. The zero-order valence-corrected chi connectivity index (χ0v) is 15.4. The highest BCUT2D eigenvalue weighted by Crippen LogP contribution is 2.56. The van der Waals surface area contributed by atoms with Gasteiger partial charge in [-0.15, -0.1) is 0 Å². The number of likely N-dealkylation sites (tertiary alicyclic amines) is 1. The van der Waals surface area contributed by atoms with Crippen LogP contribution in [-0.4, -0.2) is 56.1 Å². The Balaban J connectivity index is 1.54. The van der Waals surface area contributed by atoms with E-state index in [-0.39, 0.29) is 0 Å². The van der Waals surface area contributed by atoms with Gasteiger partial charge in [0, 0.05) is 25.1 Å². The maximum atomic E-state index is 10.1. The van der Waals surface area contributed by atoms with Crippen LogP contribution < -0.4 is 0 Å². The molecule has 0 unspecified atom stereocenters. The second-order valence-electron chi connectivity index (χ2n) is 8.01. The van der Waals surface area contributed by atoms with E-state index < -0.39 is 0 Å². The summed E-state index contributed by atoms with van der Waals surface area (Å²) >= 11 is 0. The first-order valence-corrected chi connectivity index (χ1v) is 9.88. The Kier molecular flexibility index (Phi) is 5.03. The van der Waals surface area contributed by atoms with E-state index in [2.05, 4.69) is 17.0 Å². The average molecular weight is 345 g/mol. The average Bonchev–Trinajstić information content (AvgIpc) is 2.63. The summed E-state index contributed by atoms with van der Waals surface area (Å²) in [5.74, 6) is 1.17. The number of phenolic OH excluding ortho intramolecular Hbond substituents is 1. The Labute approximate surface area is 151 Å². The molecule has 4 rings (SSSR count). The van der Waals surface area contributed by atoms with E-state index in [0.717, 1.165) is 32.0 Å². The lowest BCUT2D eigenvalue weighted by Crippen LogP contribution is -2.61. The SMILES string of the molecule is COCCOCCN1CC[C@@]23CCCC[C@H]2[C@H]1Cc1ccc(O)cc13. The number of nitrogens with zero attached hydrogens (tertiary/aromatic N) is 1. The first-order valence-electron chi connectivity index (χ1n) is 9.88. The van der Waals surface area contributed by atoms with Gasteiger partial charge < -0.3 is 14.6 Å². The third-order valence-electron chi connectivity index (χ3n) is 6.89. The van der Waals surface area contributed by atoms with Crippen molar-refractivity contribution in [3.63, 3.8) is 0 Å². The van der Waals surface area contributed by atoms with Crippen LogP contribution in [0.2, 0.25) is 0 Å². The van der Waals surface area contributed by atoms with Crippen LogP contribution >= 0.6 is 0 Å². The topological polar surface area (TPSA) is 41.9 Å². The number of rotatable bonds is 6. The number of phenols is 1. The molecule has 1 aromatic rings. The molecule has 3 aliphatic rings. The van der Waals surface area contributed by atoms with E-state index in [4.69, 9.17) is 9.47 Å². The minimum absolute atomic E-state index is 0.308. The van der Waals surface area contributed by atoms with Gasteiger partial charge in [-0.05, 0) is 61.4 Å². The van der Waals surface area contributed by atoms with Crippen molar-refractivity contribution in [3.8, 4) is 5.75 Å².